The zero-order valence-corrected chi connectivity index (χ0v) is 19.6. The standard InChI is InChI=1S/C27H27FN4O2/c1-17-5-6-18(2)25(13-17)32-20(4)24(16-30-32)31-27(33)29-15-21-7-12-26(19(3)14-21)34-23-10-8-22(28)9-11-23/h5-14,16H,15H2,1-4H3,(H2,29,31,33). The van der Waals surface area contributed by atoms with Crippen molar-refractivity contribution in [2.45, 2.75) is 34.2 Å². The van der Waals surface area contributed by atoms with Crippen LogP contribution in [0.4, 0.5) is 14.9 Å². The van der Waals surface area contributed by atoms with E-state index in [1.807, 2.05) is 50.6 Å². The van der Waals surface area contributed by atoms with Gasteiger partial charge in [0.25, 0.3) is 0 Å². The lowest BCUT2D eigenvalue weighted by molar-refractivity contribution is 0.251. The molecule has 0 atom stereocenters. The SMILES string of the molecule is Cc1ccc(C)c(-n2ncc(NC(=O)NCc3ccc(Oc4ccc(F)cc4)c(C)c3)c2C)c1. The molecule has 0 aliphatic rings. The molecule has 2 amide bonds. The van der Waals surface area contributed by atoms with Gasteiger partial charge in [-0.3, -0.25) is 0 Å². The van der Waals surface area contributed by atoms with E-state index in [1.165, 1.54) is 12.1 Å². The molecular weight excluding hydrogens is 431 g/mol. The molecule has 0 spiro atoms. The number of amides is 2. The van der Waals surface area contributed by atoms with Gasteiger partial charge in [0, 0.05) is 6.54 Å². The number of hydrogen-bond donors (Lipinski definition) is 2. The van der Waals surface area contributed by atoms with Crippen molar-refractivity contribution in [2.24, 2.45) is 0 Å². The lowest BCUT2D eigenvalue weighted by Gasteiger charge is -2.12. The van der Waals surface area contributed by atoms with E-state index in [0.717, 1.165) is 33.6 Å². The topological polar surface area (TPSA) is 68.2 Å². The van der Waals surface area contributed by atoms with Crippen molar-refractivity contribution in [2.75, 3.05) is 5.32 Å². The summed E-state index contributed by atoms with van der Waals surface area (Å²) >= 11 is 0. The maximum atomic E-state index is 13.1. The van der Waals surface area contributed by atoms with Crippen molar-refractivity contribution in [1.82, 2.24) is 15.1 Å². The summed E-state index contributed by atoms with van der Waals surface area (Å²) in [6, 6.07) is 17.4. The Morgan fingerprint density at radius 1 is 0.971 bits per heavy atom. The quantitative estimate of drug-likeness (QED) is 0.353. The van der Waals surface area contributed by atoms with Crippen LogP contribution in [0.5, 0.6) is 11.5 Å². The van der Waals surface area contributed by atoms with Crippen LogP contribution in [0.3, 0.4) is 0 Å². The van der Waals surface area contributed by atoms with Crippen molar-refractivity contribution in [1.29, 1.82) is 0 Å². The van der Waals surface area contributed by atoms with Gasteiger partial charge in [-0.05, 0) is 86.3 Å². The Bertz CT molecular complexity index is 1330. The van der Waals surface area contributed by atoms with Gasteiger partial charge in [0.15, 0.2) is 0 Å². The van der Waals surface area contributed by atoms with Gasteiger partial charge in [-0.15, -0.1) is 0 Å². The predicted octanol–water partition coefficient (Wildman–Crippen LogP) is 6.36. The summed E-state index contributed by atoms with van der Waals surface area (Å²) < 4.78 is 20.7. The van der Waals surface area contributed by atoms with Crippen LogP contribution in [0.2, 0.25) is 0 Å². The van der Waals surface area contributed by atoms with Gasteiger partial charge in [-0.25, -0.2) is 13.9 Å². The minimum absolute atomic E-state index is 0.309. The third kappa shape index (κ3) is 5.26. The van der Waals surface area contributed by atoms with E-state index in [1.54, 1.807) is 18.3 Å². The number of carbonyl (C=O) groups excluding carboxylic acids is 1. The molecule has 4 rings (SSSR count). The average Bonchev–Trinajstić information content (AvgIpc) is 3.17. The zero-order chi connectivity index (χ0) is 24.2. The smallest absolute Gasteiger partial charge is 0.319 e. The zero-order valence-electron chi connectivity index (χ0n) is 19.6. The molecule has 7 heteroatoms. The fourth-order valence-corrected chi connectivity index (χ4v) is 3.64. The molecule has 0 saturated carbocycles. The van der Waals surface area contributed by atoms with Crippen molar-refractivity contribution in [3.05, 3.63) is 101 Å². The fraction of sp³-hybridized carbons (Fsp3) is 0.185. The Labute approximate surface area is 198 Å². The molecule has 0 bridgehead atoms. The third-order valence-corrected chi connectivity index (χ3v) is 5.58. The summed E-state index contributed by atoms with van der Waals surface area (Å²) in [5.41, 5.74) is 6.59. The Morgan fingerprint density at radius 3 is 2.47 bits per heavy atom. The van der Waals surface area contributed by atoms with Gasteiger partial charge in [0.05, 0.1) is 23.3 Å². The van der Waals surface area contributed by atoms with Crippen molar-refractivity contribution < 1.29 is 13.9 Å². The molecule has 0 aliphatic carbocycles. The average molecular weight is 459 g/mol. The van der Waals surface area contributed by atoms with E-state index in [9.17, 15) is 9.18 Å². The highest BCUT2D eigenvalue weighted by Gasteiger charge is 2.13. The molecule has 34 heavy (non-hydrogen) atoms. The van der Waals surface area contributed by atoms with Crippen LogP contribution in [0.15, 0.2) is 66.9 Å². The summed E-state index contributed by atoms with van der Waals surface area (Å²) in [4.78, 5) is 12.5. The van der Waals surface area contributed by atoms with Crippen molar-refractivity contribution >= 4 is 11.7 Å². The number of nitrogens with one attached hydrogen (secondary N) is 2. The number of halogens is 1. The van der Waals surface area contributed by atoms with Gasteiger partial charge in [-0.2, -0.15) is 5.10 Å². The number of rotatable bonds is 6. The lowest BCUT2D eigenvalue weighted by atomic mass is 10.1. The van der Waals surface area contributed by atoms with E-state index in [0.29, 0.717) is 23.7 Å². The Morgan fingerprint density at radius 2 is 1.74 bits per heavy atom. The molecule has 1 aromatic heterocycles. The van der Waals surface area contributed by atoms with Gasteiger partial charge in [0.2, 0.25) is 0 Å². The normalized spacial score (nSPS) is 10.7. The molecular formula is C27H27FN4O2. The second-order valence-corrected chi connectivity index (χ2v) is 8.31. The van der Waals surface area contributed by atoms with E-state index in [4.69, 9.17) is 4.74 Å². The first kappa shape index (κ1) is 23.0. The highest BCUT2D eigenvalue weighted by atomic mass is 19.1. The Balaban J connectivity index is 1.37. The van der Waals surface area contributed by atoms with Gasteiger partial charge in [-0.1, -0.05) is 24.3 Å². The third-order valence-electron chi connectivity index (χ3n) is 5.58. The highest BCUT2D eigenvalue weighted by molar-refractivity contribution is 5.89. The molecule has 2 N–H and O–H groups in total. The first-order valence-electron chi connectivity index (χ1n) is 11.0. The molecule has 6 nitrogen and oxygen atoms in total. The molecule has 0 saturated heterocycles. The molecule has 0 unspecified atom stereocenters. The summed E-state index contributed by atoms with van der Waals surface area (Å²) in [5, 5.41) is 10.2. The van der Waals surface area contributed by atoms with Crippen LogP contribution in [0.1, 0.15) is 27.9 Å². The summed E-state index contributed by atoms with van der Waals surface area (Å²) in [6.45, 7) is 8.28. The molecule has 1 heterocycles. The molecule has 3 aromatic carbocycles. The Kier molecular flexibility index (Phi) is 6.63. The number of anilines is 1. The van der Waals surface area contributed by atoms with E-state index in [2.05, 4.69) is 33.9 Å². The Hall–Kier alpha value is -4.13. The van der Waals surface area contributed by atoms with E-state index >= 15 is 0 Å². The fourth-order valence-electron chi connectivity index (χ4n) is 3.64. The summed E-state index contributed by atoms with van der Waals surface area (Å²) in [5.74, 6) is 0.928. The van der Waals surface area contributed by atoms with E-state index in [-0.39, 0.29) is 11.8 Å². The van der Waals surface area contributed by atoms with Crippen molar-refractivity contribution in [3.63, 3.8) is 0 Å². The van der Waals surface area contributed by atoms with Crippen LogP contribution < -0.4 is 15.4 Å². The summed E-state index contributed by atoms with van der Waals surface area (Å²) in [6.07, 6.45) is 1.66. The number of nitrogens with zero attached hydrogens (tertiary/aromatic N) is 2. The number of aryl methyl sites for hydroxylation is 3. The van der Waals surface area contributed by atoms with Crippen LogP contribution in [0.25, 0.3) is 5.69 Å². The minimum Gasteiger partial charge on any atom is -0.457 e. The minimum atomic E-state index is -0.312. The summed E-state index contributed by atoms with van der Waals surface area (Å²) in [7, 11) is 0. The van der Waals surface area contributed by atoms with Gasteiger partial charge in [0.1, 0.15) is 17.3 Å². The lowest BCUT2D eigenvalue weighted by Crippen LogP contribution is -2.28. The molecule has 0 fully saturated rings. The number of ether oxygens (including phenoxy) is 1. The highest BCUT2D eigenvalue weighted by Crippen LogP contribution is 2.26. The monoisotopic (exact) mass is 458 g/mol. The first-order chi connectivity index (χ1) is 16.3. The number of benzene rings is 3. The van der Waals surface area contributed by atoms with Crippen LogP contribution in [0, 0.1) is 33.5 Å². The van der Waals surface area contributed by atoms with E-state index < -0.39 is 0 Å². The molecule has 0 radical (unpaired) electrons. The molecule has 4 aromatic rings. The number of carbonyl (C=O) groups is 1. The second kappa shape index (κ2) is 9.79. The van der Waals surface area contributed by atoms with Gasteiger partial charge < -0.3 is 15.4 Å². The van der Waals surface area contributed by atoms with Crippen LogP contribution >= 0.6 is 0 Å². The number of aromatic nitrogens is 2. The predicted molar refractivity (Wildman–Crippen MR) is 131 cm³/mol. The van der Waals surface area contributed by atoms with Crippen molar-refractivity contribution in [3.8, 4) is 17.2 Å². The maximum absolute atomic E-state index is 13.1. The van der Waals surface area contributed by atoms with Gasteiger partial charge >= 0.3 is 6.03 Å². The number of urea groups is 1. The largest absolute Gasteiger partial charge is 0.457 e. The van der Waals surface area contributed by atoms with Crippen LogP contribution in [-0.2, 0) is 6.54 Å². The first-order valence-corrected chi connectivity index (χ1v) is 11.0. The molecule has 0 aliphatic heterocycles. The second-order valence-electron chi connectivity index (χ2n) is 8.31. The maximum Gasteiger partial charge on any atom is 0.319 e. The van der Waals surface area contributed by atoms with Crippen LogP contribution in [-0.4, -0.2) is 15.8 Å². The number of hydrogen-bond acceptors (Lipinski definition) is 3. The molecule has 174 valence electrons.